The van der Waals surface area contributed by atoms with Crippen LogP contribution in [0.25, 0.3) is 11.1 Å². The summed E-state index contributed by atoms with van der Waals surface area (Å²) < 4.78 is 0. The second kappa shape index (κ2) is 6.90. The van der Waals surface area contributed by atoms with Crippen LogP contribution in [0.2, 0.25) is 5.02 Å². The van der Waals surface area contributed by atoms with Gasteiger partial charge in [0.15, 0.2) is 0 Å². The van der Waals surface area contributed by atoms with Crippen LogP contribution in [0, 0.1) is 0 Å². The lowest BCUT2D eigenvalue weighted by atomic mass is 10.1. The lowest BCUT2D eigenvalue weighted by molar-refractivity contribution is 0.701. The molecule has 2 aromatic carbocycles. The summed E-state index contributed by atoms with van der Waals surface area (Å²) in [5.74, 6) is 0. The Hall–Kier alpha value is -1.61. The van der Waals surface area contributed by atoms with E-state index < -0.39 is 0 Å². The standard InChI is InChI=1S/C18H16ClNS/c19-18-9-5-4-8-15(18)11-20-12-17-10-16(13-21-17)14-6-2-1-3-7-14/h1-10,13,20H,11-12H2. The van der Waals surface area contributed by atoms with Gasteiger partial charge in [-0.3, -0.25) is 0 Å². The summed E-state index contributed by atoms with van der Waals surface area (Å²) in [5.41, 5.74) is 3.69. The van der Waals surface area contributed by atoms with E-state index in [1.54, 1.807) is 11.3 Å². The van der Waals surface area contributed by atoms with Crippen molar-refractivity contribution in [2.24, 2.45) is 0 Å². The number of halogens is 1. The molecule has 0 amide bonds. The van der Waals surface area contributed by atoms with Crippen LogP contribution >= 0.6 is 22.9 Å². The molecule has 1 heterocycles. The van der Waals surface area contributed by atoms with E-state index in [2.05, 4.69) is 47.1 Å². The maximum atomic E-state index is 6.15. The molecule has 0 radical (unpaired) electrons. The molecule has 0 aliphatic carbocycles. The van der Waals surface area contributed by atoms with Gasteiger partial charge in [-0.25, -0.2) is 0 Å². The number of hydrogen-bond donors (Lipinski definition) is 1. The van der Waals surface area contributed by atoms with Crippen molar-refractivity contribution in [3.63, 3.8) is 0 Å². The summed E-state index contributed by atoms with van der Waals surface area (Å²) in [6.45, 7) is 1.65. The highest BCUT2D eigenvalue weighted by molar-refractivity contribution is 7.10. The predicted molar refractivity (Wildman–Crippen MR) is 91.8 cm³/mol. The molecule has 0 saturated heterocycles. The van der Waals surface area contributed by atoms with E-state index in [1.165, 1.54) is 16.0 Å². The Kier molecular flexibility index (Phi) is 4.71. The first-order valence-electron chi connectivity index (χ1n) is 6.90. The molecular formula is C18H16ClNS. The molecule has 1 nitrogen and oxygen atoms in total. The van der Waals surface area contributed by atoms with Crippen molar-refractivity contribution in [1.29, 1.82) is 0 Å². The molecule has 106 valence electrons. The Bertz CT molecular complexity index is 706. The Labute approximate surface area is 134 Å². The monoisotopic (exact) mass is 313 g/mol. The van der Waals surface area contributed by atoms with Crippen molar-refractivity contribution in [1.82, 2.24) is 5.32 Å². The third-order valence-corrected chi connectivity index (χ3v) is 4.64. The summed E-state index contributed by atoms with van der Waals surface area (Å²) in [6.07, 6.45) is 0. The highest BCUT2D eigenvalue weighted by Gasteiger charge is 2.03. The first kappa shape index (κ1) is 14.3. The van der Waals surface area contributed by atoms with Gasteiger partial charge in [0.2, 0.25) is 0 Å². The van der Waals surface area contributed by atoms with Gasteiger partial charge in [0, 0.05) is 23.0 Å². The van der Waals surface area contributed by atoms with Crippen LogP contribution in [0.5, 0.6) is 0 Å². The average Bonchev–Trinajstić information content (AvgIpc) is 2.99. The van der Waals surface area contributed by atoms with E-state index in [4.69, 9.17) is 11.6 Å². The number of rotatable bonds is 5. The Morgan fingerprint density at radius 1 is 0.857 bits per heavy atom. The van der Waals surface area contributed by atoms with Crippen LogP contribution in [0.15, 0.2) is 66.0 Å². The lowest BCUT2D eigenvalue weighted by Crippen LogP contribution is -2.11. The molecule has 0 spiro atoms. The largest absolute Gasteiger partial charge is 0.308 e. The lowest BCUT2D eigenvalue weighted by Gasteiger charge is -2.05. The van der Waals surface area contributed by atoms with Gasteiger partial charge < -0.3 is 5.32 Å². The summed E-state index contributed by atoms with van der Waals surface area (Å²) in [4.78, 5) is 1.33. The first-order valence-corrected chi connectivity index (χ1v) is 8.15. The second-order valence-electron chi connectivity index (χ2n) is 4.86. The van der Waals surface area contributed by atoms with Crippen molar-refractivity contribution in [2.75, 3.05) is 0 Å². The zero-order valence-electron chi connectivity index (χ0n) is 11.6. The minimum absolute atomic E-state index is 0.790. The number of nitrogens with one attached hydrogen (secondary N) is 1. The molecule has 0 aliphatic heterocycles. The number of benzene rings is 2. The van der Waals surface area contributed by atoms with Crippen molar-refractivity contribution in [3.8, 4) is 11.1 Å². The molecule has 1 N–H and O–H groups in total. The molecule has 3 aromatic rings. The summed E-state index contributed by atoms with van der Waals surface area (Å²) in [7, 11) is 0. The number of thiophene rings is 1. The Morgan fingerprint density at radius 2 is 1.62 bits per heavy atom. The quantitative estimate of drug-likeness (QED) is 0.668. The SMILES string of the molecule is Clc1ccccc1CNCc1cc(-c2ccccc2)cs1. The zero-order valence-corrected chi connectivity index (χ0v) is 13.1. The van der Waals surface area contributed by atoms with Crippen LogP contribution < -0.4 is 5.32 Å². The molecule has 0 aliphatic rings. The molecule has 1 aromatic heterocycles. The predicted octanol–water partition coefficient (Wildman–Crippen LogP) is 5.36. The van der Waals surface area contributed by atoms with E-state index >= 15 is 0 Å². The van der Waals surface area contributed by atoms with Crippen LogP contribution in [0.3, 0.4) is 0 Å². The summed E-state index contributed by atoms with van der Waals surface area (Å²) >= 11 is 7.94. The van der Waals surface area contributed by atoms with Gasteiger partial charge in [-0.1, -0.05) is 60.1 Å². The molecule has 3 rings (SSSR count). The van der Waals surface area contributed by atoms with E-state index in [9.17, 15) is 0 Å². The van der Waals surface area contributed by atoms with Gasteiger partial charge in [-0.2, -0.15) is 0 Å². The minimum atomic E-state index is 0.790. The van der Waals surface area contributed by atoms with Gasteiger partial charge in [0.1, 0.15) is 0 Å². The van der Waals surface area contributed by atoms with Crippen LogP contribution in [0.4, 0.5) is 0 Å². The minimum Gasteiger partial charge on any atom is -0.308 e. The highest BCUT2D eigenvalue weighted by atomic mass is 35.5. The highest BCUT2D eigenvalue weighted by Crippen LogP contribution is 2.25. The average molecular weight is 314 g/mol. The van der Waals surface area contributed by atoms with Gasteiger partial charge in [-0.15, -0.1) is 11.3 Å². The smallest absolute Gasteiger partial charge is 0.0450 e. The van der Waals surface area contributed by atoms with E-state index in [0.29, 0.717) is 0 Å². The normalized spacial score (nSPS) is 10.7. The van der Waals surface area contributed by atoms with Crippen LogP contribution in [0.1, 0.15) is 10.4 Å². The number of hydrogen-bond acceptors (Lipinski definition) is 2. The molecule has 0 unspecified atom stereocenters. The molecule has 3 heteroatoms. The van der Waals surface area contributed by atoms with Crippen molar-refractivity contribution in [2.45, 2.75) is 13.1 Å². The second-order valence-corrected chi connectivity index (χ2v) is 6.27. The van der Waals surface area contributed by atoms with E-state index in [0.717, 1.165) is 23.7 Å². The molecule has 0 saturated carbocycles. The van der Waals surface area contributed by atoms with E-state index in [1.807, 2.05) is 24.3 Å². The molecule has 0 fully saturated rings. The fraction of sp³-hybridized carbons (Fsp3) is 0.111. The third-order valence-electron chi connectivity index (χ3n) is 3.33. The van der Waals surface area contributed by atoms with Crippen LogP contribution in [-0.2, 0) is 13.1 Å². The summed E-state index contributed by atoms with van der Waals surface area (Å²) in [5, 5.41) is 6.48. The Balaban J connectivity index is 1.60. The van der Waals surface area contributed by atoms with Gasteiger partial charge in [0.05, 0.1) is 0 Å². The van der Waals surface area contributed by atoms with Crippen molar-refractivity contribution in [3.05, 3.63) is 81.5 Å². The van der Waals surface area contributed by atoms with Gasteiger partial charge in [-0.05, 0) is 34.2 Å². The first-order chi connectivity index (χ1) is 10.3. The van der Waals surface area contributed by atoms with Gasteiger partial charge in [0.25, 0.3) is 0 Å². The molecule has 0 atom stereocenters. The maximum Gasteiger partial charge on any atom is 0.0450 e. The third kappa shape index (κ3) is 3.73. The fourth-order valence-electron chi connectivity index (χ4n) is 2.22. The maximum absolute atomic E-state index is 6.15. The Morgan fingerprint density at radius 3 is 2.43 bits per heavy atom. The van der Waals surface area contributed by atoms with E-state index in [-0.39, 0.29) is 0 Å². The van der Waals surface area contributed by atoms with Crippen molar-refractivity contribution < 1.29 is 0 Å². The molecular weight excluding hydrogens is 298 g/mol. The summed E-state index contributed by atoms with van der Waals surface area (Å²) in [6, 6.07) is 20.7. The van der Waals surface area contributed by atoms with Crippen LogP contribution in [-0.4, -0.2) is 0 Å². The molecule has 21 heavy (non-hydrogen) atoms. The molecule has 0 bridgehead atoms. The zero-order chi connectivity index (χ0) is 14.5. The van der Waals surface area contributed by atoms with Gasteiger partial charge >= 0.3 is 0 Å². The van der Waals surface area contributed by atoms with Crippen molar-refractivity contribution >= 4 is 22.9 Å². The topological polar surface area (TPSA) is 12.0 Å². The fourth-order valence-corrected chi connectivity index (χ4v) is 3.28.